The molecular weight excluding hydrogens is 204 g/mol. The van der Waals surface area contributed by atoms with Crippen molar-refractivity contribution in [3.05, 3.63) is 35.5 Å². The lowest BCUT2D eigenvalue weighted by Crippen LogP contribution is -2.23. The number of hydrogen-bond acceptors (Lipinski definition) is 3. The molecule has 0 radical (unpaired) electrons. The van der Waals surface area contributed by atoms with E-state index in [4.69, 9.17) is 10.5 Å². The molecule has 1 unspecified atom stereocenters. The lowest BCUT2D eigenvalue weighted by Gasteiger charge is -2.09. The Morgan fingerprint density at radius 3 is 2.94 bits per heavy atom. The molecule has 4 heteroatoms. The minimum atomic E-state index is -0.591. The van der Waals surface area contributed by atoms with E-state index in [1.807, 2.05) is 25.3 Å². The largest absolute Gasteiger partial charge is 0.444 e. The Bertz CT molecular complexity index is 529. The van der Waals surface area contributed by atoms with Gasteiger partial charge in [-0.1, -0.05) is 0 Å². The van der Waals surface area contributed by atoms with Crippen molar-refractivity contribution >= 4 is 16.9 Å². The van der Waals surface area contributed by atoms with Crippen LogP contribution in [-0.4, -0.2) is 17.2 Å². The number of nitrogens with two attached hydrogens (primary N) is 1. The SMILES string of the molecule is Cc1cc2cc[nH]c2cc1C(=O)OC(C)N. The first kappa shape index (κ1) is 10.7. The van der Waals surface area contributed by atoms with E-state index < -0.39 is 6.23 Å². The van der Waals surface area contributed by atoms with E-state index in [1.165, 1.54) is 0 Å². The summed E-state index contributed by atoms with van der Waals surface area (Å²) >= 11 is 0. The number of fused-ring (bicyclic) bond motifs is 1. The molecule has 0 aliphatic carbocycles. The second-order valence-electron chi connectivity index (χ2n) is 3.84. The van der Waals surface area contributed by atoms with Crippen molar-refractivity contribution in [2.75, 3.05) is 0 Å². The van der Waals surface area contributed by atoms with Gasteiger partial charge in [-0.25, -0.2) is 4.79 Å². The molecule has 1 aromatic carbocycles. The van der Waals surface area contributed by atoms with Crippen molar-refractivity contribution in [1.82, 2.24) is 4.98 Å². The van der Waals surface area contributed by atoms with Crippen LogP contribution in [0.4, 0.5) is 0 Å². The number of aromatic amines is 1. The molecule has 0 fully saturated rings. The van der Waals surface area contributed by atoms with E-state index in [-0.39, 0.29) is 5.97 Å². The molecule has 0 amide bonds. The third-order valence-corrected chi connectivity index (χ3v) is 2.41. The van der Waals surface area contributed by atoms with E-state index in [0.717, 1.165) is 16.5 Å². The summed E-state index contributed by atoms with van der Waals surface area (Å²) in [4.78, 5) is 14.8. The van der Waals surface area contributed by atoms with Gasteiger partial charge in [0.15, 0.2) is 0 Å². The summed E-state index contributed by atoms with van der Waals surface area (Å²) in [5.74, 6) is -0.385. The van der Waals surface area contributed by atoms with Crippen molar-refractivity contribution in [3.63, 3.8) is 0 Å². The van der Waals surface area contributed by atoms with Crippen molar-refractivity contribution < 1.29 is 9.53 Å². The number of rotatable bonds is 2. The fraction of sp³-hybridized carbons (Fsp3) is 0.250. The topological polar surface area (TPSA) is 68.1 Å². The second kappa shape index (κ2) is 3.98. The summed E-state index contributed by atoms with van der Waals surface area (Å²) in [5.41, 5.74) is 7.78. The van der Waals surface area contributed by atoms with Gasteiger partial charge in [0, 0.05) is 11.7 Å². The Hall–Kier alpha value is -1.81. The van der Waals surface area contributed by atoms with Gasteiger partial charge in [-0.05, 0) is 43.0 Å². The Morgan fingerprint density at radius 2 is 2.25 bits per heavy atom. The minimum absolute atomic E-state index is 0.385. The molecule has 2 aromatic rings. The second-order valence-corrected chi connectivity index (χ2v) is 3.84. The summed E-state index contributed by atoms with van der Waals surface area (Å²) in [6.45, 7) is 3.50. The van der Waals surface area contributed by atoms with Crippen LogP contribution in [0.25, 0.3) is 10.9 Å². The van der Waals surface area contributed by atoms with Crippen LogP contribution < -0.4 is 5.73 Å². The van der Waals surface area contributed by atoms with Gasteiger partial charge in [0.1, 0.15) is 6.23 Å². The average Bonchev–Trinajstić information content (AvgIpc) is 2.61. The summed E-state index contributed by atoms with van der Waals surface area (Å²) in [5, 5.41) is 1.08. The Labute approximate surface area is 93.4 Å². The molecule has 3 N–H and O–H groups in total. The van der Waals surface area contributed by atoms with Crippen LogP contribution in [0, 0.1) is 6.92 Å². The number of aryl methyl sites for hydroxylation is 1. The fourth-order valence-corrected chi connectivity index (χ4v) is 1.67. The first-order chi connectivity index (χ1) is 7.58. The maximum Gasteiger partial charge on any atom is 0.340 e. The Morgan fingerprint density at radius 1 is 1.50 bits per heavy atom. The number of H-pyrrole nitrogens is 1. The Balaban J connectivity index is 2.43. The molecule has 1 atom stereocenters. The maximum atomic E-state index is 11.7. The summed E-state index contributed by atoms with van der Waals surface area (Å²) < 4.78 is 4.97. The first-order valence-electron chi connectivity index (χ1n) is 5.12. The normalized spacial score (nSPS) is 12.7. The lowest BCUT2D eigenvalue weighted by atomic mass is 10.1. The van der Waals surface area contributed by atoms with Crippen molar-refractivity contribution in [2.24, 2.45) is 5.73 Å². The summed E-state index contributed by atoms with van der Waals surface area (Å²) in [6, 6.07) is 5.70. The zero-order chi connectivity index (χ0) is 11.7. The number of aromatic nitrogens is 1. The number of carbonyl (C=O) groups is 1. The van der Waals surface area contributed by atoms with Crippen molar-refractivity contribution in [3.8, 4) is 0 Å². The van der Waals surface area contributed by atoms with Crippen molar-refractivity contribution in [2.45, 2.75) is 20.1 Å². The monoisotopic (exact) mass is 218 g/mol. The molecule has 0 bridgehead atoms. The smallest absolute Gasteiger partial charge is 0.340 e. The number of esters is 1. The number of nitrogens with one attached hydrogen (secondary N) is 1. The van der Waals surface area contributed by atoms with Gasteiger partial charge >= 0.3 is 5.97 Å². The number of ether oxygens (including phenoxy) is 1. The van der Waals surface area contributed by atoms with Crippen LogP contribution in [0.1, 0.15) is 22.8 Å². The van der Waals surface area contributed by atoms with Gasteiger partial charge in [0.25, 0.3) is 0 Å². The molecule has 0 saturated carbocycles. The fourth-order valence-electron chi connectivity index (χ4n) is 1.67. The standard InChI is InChI=1S/C12H14N2O2/c1-7-5-9-3-4-14-11(9)6-10(7)12(15)16-8(2)13/h3-6,8,14H,13H2,1-2H3. The van der Waals surface area contributed by atoms with Gasteiger partial charge < -0.3 is 9.72 Å². The molecule has 0 saturated heterocycles. The zero-order valence-corrected chi connectivity index (χ0v) is 9.28. The average molecular weight is 218 g/mol. The van der Waals surface area contributed by atoms with Crippen LogP contribution >= 0.6 is 0 Å². The van der Waals surface area contributed by atoms with Gasteiger partial charge in [0.2, 0.25) is 0 Å². The van der Waals surface area contributed by atoms with Gasteiger partial charge in [0.05, 0.1) is 5.56 Å². The number of carbonyl (C=O) groups excluding carboxylic acids is 1. The van der Waals surface area contributed by atoms with E-state index in [1.54, 1.807) is 13.0 Å². The number of benzene rings is 1. The predicted molar refractivity (Wildman–Crippen MR) is 62.1 cm³/mol. The molecule has 2 rings (SSSR count). The van der Waals surface area contributed by atoms with Gasteiger partial charge in [-0.3, -0.25) is 5.73 Å². The highest BCUT2D eigenvalue weighted by Gasteiger charge is 2.13. The third kappa shape index (κ3) is 1.92. The maximum absolute atomic E-state index is 11.7. The molecule has 84 valence electrons. The highest BCUT2D eigenvalue weighted by atomic mass is 16.6. The van der Waals surface area contributed by atoms with Crippen LogP contribution in [0.3, 0.4) is 0 Å². The van der Waals surface area contributed by atoms with Crippen LogP contribution in [-0.2, 0) is 4.74 Å². The van der Waals surface area contributed by atoms with E-state index in [9.17, 15) is 4.79 Å². The van der Waals surface area contributed by atoms with Crippen LogP contribution in [0.15, 0.2) is 24.4 Å². The molecule has 1 aromatic heterocycles. The summed E-state index contributed by atoms with van der Waals surface area (Å²) in [7, 11) is 0. The van der Waals surface area contributed by atoms with Crippen molar-refractivity contribution in [1.29, 1.82) is 0 Å². The van der Waals surface area contributed by atoms with E-state index >= 15 is 0 Å². The number of hydrogen-bond donors (Lipinski definition) is 2. The third-order valence-electron chi connectivity index (χ3n) is 2.41. The van der Waals surface area contributed by atoms with E-state index in [0.29, 0.717) is 5.56 Å². The molecule has 0 aliphatic heterocycles. The zero-order valence-electron chi connectivity index (χ0n) is 9.28. The highest BCUT2D eigenvalue weighted by Crippen LogP contribution is 2.19. The van der Waals surface area contributed by atoms with E-state index in [2.05, 4.69) is 4.98 Å². The van der Waals surface area contributed by atoms with Crippen LogP contribution in [0.2, 0.25) is 0 Å². The molecule has 1 heterocycles. The molecular formula is C12H14N2O2. The molecule has 0 spiro atoms. The summed E-state index contributed by atoms with van der Waals surface area (Å²) in [6.07, 6.45) is 1.25. The van der Waals surface area contributed by atoms with Gasteiger partial charge in [-0.2, -0.15) is 0 Å². The quantitative estimate of drug-likeness (QED) is 0.598. The molecule has 16 heavy (non-hydrogen) atoms. The Kier molecular flexibility index (Phi) is 2.66. The lowest BCUT2D eigenvalue weighted by molar-refractivity contribution is 0.0354. The molecule has 0 aliphatic rings. The highest BCUT2D eigenvalue weighted by molar-refractivity contribution is 5.96. The van der Waals surface area contributed by atoms with Gasteiger partial charge in [-0.15, -0.1) is 0 Å². The predicted octanol–water partition coefficient (Wildman–Crippen LogP) is 1.94. The van der Waals surface area contributed by atoms with Crippen LogP contribution in [0.5, 0.6) is 0 Å². The minimum Gasteiger partial charge on any atom is -0.444 e. The molecule has 4 nitrogen and oxygen atoms in total. The first-order valence-corrected chi connectivity index (χ1v) is 5.12.